The summed E-state index contributed by atoms with van der Waals surface area (Å²) >= 11 is 0. The van der Waals surface area contributed by atoms with E-state index in [1.807, 2.05) is 61.5 Å². The smallest absolute Gasteiger partial charge is 0.325 e. The second-order valence-corrected chi connectivity index (χ2v) is 7.55. The van der Waals surface area contributed by atoms with Gasteiger partial charge in [0, 0.05) is 12.2 Å². The van der Waals surface area contributed by atoms with Crippen molar-refractivity contribution in [2.24, 2.45) is 0 Å². The lowest BCUT2D eigenvalue weighted by Crippen LogP contribution is -2.43. The van der Waals surface area contributed by atoms with Crippen LogP contribution in [0.25, 0.3) is 11.2 Å². The molecule has 2 aromatic carbocycles. The number of hydrogen-bond donors (Lipinski definition) is 1. The summed E-state index contributed by atoms with van der Waals surface area (Å²) < 4.78 is 4.12. The van der Waals surface area contributed by atoms with Crippen LogP contribution >= 0.6 is 0 Å². The third-order valence-corrected chi connectivity index (χ3v) is 5.46. The Labute approximate surface area is 184 Å². The fourth-order valence-electron chi connectivity index (χ4n) is 3.69. The van der Waals surface area contributed by atoms with E-state index < -0.39 is 17.2 Å². The molecule has 0 fully saturated rings. The molecule has 2 heterocycles. The zero-order chi connectivity index (χ0) is 22.7. The number of fused-ring (bicyclic) bond motifs is 1. The number of nitrogens with zero attached hydrogens (tertiary/aromatic N) is 4. The van der Waals surface area contributed by atoms with Gasteiger partial charge in [0.25, 0.3) is 5.56 Å². The molecular weight excluding hydrogens is 406 g/mol. The van der Waals surface area contributed by atoms with Gasteiger partial charge in [-0.05, 0) is 36.6 Å². The highest BCUT2D eigenvalue weighted by molar-refractivity contribution is 5.90. The lowest BCUT2D eigenvalue weighted by molar-refractivity contribution is -0.116. The largest absolute Gasteiger partial charge is 0.333 e. The zero-order valence-corrected chi connectivity index (χ0v) is 18.1. The Balaban J connectivity index is 1.73. The van der Waals surface area contributed by atoms with Crippen LogP contribution in [0.4, 0.5) is 5.69 Å². The van der Waals surface area contributed by atoms with Gasteiger partial charge in [-0.25, -0.2) is 14.3 Å². The van der Waals surface area contributed by atoms with Crippen molar-refractivity contribution in [1.82, 2.24) is 18.7 Å². The first-order valence-corrected chi connectivity index (χ1v) is 10.6. The molecule has 4 aromatic rings. The molecule has 0 aliphatic heterocycles. The molecule has 0 saturated heterocycles. The first-order chi connectivity index (χ1) is 15.5. The molecule has 0 radical (unpaired) electrons. The second kappa shape index (κ2) is 9.05. The van der Waals surface area contributed by atoms with Crippen LogP contribution in [0.3, 0.4) is 0 Å². The number of amides is 1. The molecule has 0 aliphatic carbocycles. The van der Waals surface area contributed by atoms with Gasteiger partial charge in [0.05, 0.1) is 12.9 Å². The van der Waals surface area contributed by atoms with Crippen molar-refractivity contribution in [1.29, 1.82) is 0 Å². The van der Waals surface area contributed by atoms with Crippen LogP contribution in [0, 0.1) is 0 Å². The quantitative estimate of drug-likeness (QED) is 0.487. The van der Waals surface area contributed by atoms with E-state index in [1.165, 1.54) is 4.57 Å². The van der Waals surface area contributed by atoms with Gasteiger partial charge < -0.3 is 9.88 Å². The molecule has 0 saturated carbocycles. The lowest BCUT2D eigenvalue weighted by Gasteiger charge is -2.13. The highest BCUT2D eigenvalue weighted by atomic mass is 16.2. The molecule has 2 aromatic heterocycles. The Bertz CT molecular complexity index is 1370. The lowest BCUT2D eigenvalue weighted by atomic mass is 10.1. The summed E-state index contributed by atoms with van der Waals surface area (Å²) in [4.78, 5) is 43.5. The van der Waals surface area contributed by atoms with Crippen molar-refractivity contribution in [3.05, 3.63) is 92.9 Å². The molecule has 0 spiro atoms. The van der Waals surface area contributed by atoms with Crippen molar-refractivity contribution in [2.45, 2.75) is 39.9 Å². The normalized spacial score (nSPS) is 11.1. The van der Waals surface area contributed by atoms with Crippen molar-refractivity contribution >= 4 is 22.8 Å². The van der Waals surface area contributed by atoms with Crippen LogP contribution in [0.5, 0.6) is 0 Å². The average molecular weight is 431 g/mol. The molecule has 0 aliphatic rings. The minimum absolute atomic E-state index is 0.247. The third kappa shape index (κ3) is 4.12. The number of rotatable bonds is 7. The topological polar surface area (TPSA) is 90.9 Å². The number of benzene rings is 2. The molecule has 1 amide bonds. The van der Waals surface area contributed by atoms with Gasteiger partial charge in [0.2, 0.25) is 5.91 Å². The van der Waals surface area contributed by atoms with E-state index in [1.54, 1.807) is 10.9 Å². The summed E-state index contributed by atoms with van der Waals surface area (Å²) in [5.74, 6) is -0.443. The molecule has 4 rings (SSSR count). The molecular formula is C24H25N5O3. The maximum absolute atomic E-state index is 13.3. The average Bonchev–Trinajstić information content (AvgIpc) is 3.25. The summed E-state index contributed by atoms with van der Waals surface area (Å²) in [6, 6.07) is 16.9. The van der Waals surface area contributed by atoms with E-state index >= 15 is 0 Å². The van der Waals surface area contributed by atoms with Crippen LogP contribution in [0.15, 0.2) is 70.5 Å². The summed E-state index contributed by atoms with van der Waals surface area (Å²) in [5.41, 5.74) is 2.20. The first-order valence-electron chi connectivity index (χ1n) is 10.6. The summed E-state index contributed by atoms with van der Waals surface area (Å²) in [7, 11) is 0. The monoisotopic (exact) mass is 431 g/mol. The molecule has 0 unspecified atom stereocenters. The molecule has 8 nitrogen and oxygen atoms in total. The van der Waals surface area contributed by atoms with Crippen LogP contribution < -0.4 is 16.6 Å². The molecule has 0 bridgehead atoms. The van der Waals surface area contributed by atoms with Gasteiger partial charge >= 0.3 is 5.69 Å². The van der Waals surface area contributed by atoms with Crippen LogP contribution in [0.1, 0.15) is 25.0 Å². The SMILES string of the molecule is CCc1ccc(NC(=O)Cn2c(=O)c3c(ncn3CC)n(Cc3ccccc3)c2=O)cc1. The fourth-order valence-corrected chi connectivity index (χ4v) is 3.69. The van der Waals surface area contributed by atoms with Crippen LogP contribution in [-0.2, 0) is 30.8 Å². The van der Waals surface area contributed by atoms with Gasteiger partial charge in [-0.2, -0.15) is 0 Å². The number of aromatic nitrogens is 4. The summed E-state index contributed by atoms with van der Waals surface area (Å²) in [6.45, 7) is 4.33. The minimum atomic E-state index is -0.566. The van der Waals surface area contributed by atoms with E-state index in [-0.39, 0.29) is 13.1 Å². The number of hydrogen-bond acceptors (Lipinski definition) is 4. The van der Waals surface area contributed by atoms with Gasteiger partial charge in [-0.3, -0.25) is 14.2 Å². The fraction of sp³-hybridized carbons (Fsp3) is 0.250. The predicted molar refractivity (Wildman–Crippen MR) is 124 cm³/mol. The van der Waals surface area contributed by atoms with Gasteiger partial charge in [0.15, 0.2) is 11.2 Å². The summed E-state index contributed by atoms with van der Waals surface area (Å²) in [6.07, 6.45) is 2.45. The number of carbonyl (C=O) groups excluding carboxylic acids is 1. The molecule has 8 heteroatoms. The van der Waals surface area contributed by atoms with E-state index in [9.17, 15) is 14.4 Å². The third-order valence-electron chi connectivity index (χ3n) is 5.46. The Morgan fingerprint density at radius 3 is 2.31 bits per heavy atom. The second-order valence-electron chi connectivity index (χ2n) is 7.55. The number of carbonyl (C=O) groups is 1. The molecule has 1 N–H and O–H groups in total. The maximum atomic E-state index is 13.3. The van der Waals surface area contributed by atoms with Gasteiger partial charge in [0.1, 0.15) is 6.54 Å². The maximum Gasteiger partial charge on any atom is 0.333 e. The zero-order valence-electron chi connectivity index (χ0n) is 18.1. The van der Waals surface area contributed by atoms with Gasteiger partial charge in [-0.15, -0.1) is 0 Å². The number of imidazole rings is 1. The first kappa shape index (κ1) is 21.3. The number of nitrogens with one attached hydrogen (secondary N) is 1. The molecule has 0 atom stereocenters. The van der Waals surface area contributed by atoms with E-state index in [0.29, 0.717) is 23.4 Å². The van der Waals surface area contributed by atoms with Crippen molar-refractivity contribution in [3.63, 3.8) is 0 Å². The predicted octanol–water partition coefficient (Wildman–Crippen LogP) is 2.63. The van der Waals surface area contributed by atoms with Crippen molar-refractivity contribution in [3.8, 4) is 0 Å². The Morgan fingerprint density at radius 1 is 0.938 bits per heavy atom. The van der Waals surface area contributed by atoms with Crippen molar-refractivity contribution < 1.29 is 4.79 Å². The Morgan fingerprint density at radius 2 is 1.66 bits per heavy atom. The standard InChI is InChI=1S/C24H25N5O3/c1-3-17-10-12-19(13-11-17)26-20(30)15-29-23(31)21-22(25-16-27(21)4-2)28(24(29)32)14-18-8-6-5-7-9-18/h5-13,16H,3-4,14-15H2,1-2H3,(H,26,30). The van der Waals surface area contributed by atoms with E-state index in [2.05, 4.69) is 17.2 Å². The van der Waals surface area contributed by atoms with Crippen molar-refractivity contribution in [2.75, 3.05) is 5.32 Å². The van der Waals surface area contributed by atoms with Gasteiger partial charge in [-0.1, -0.05) is 49.4 Å². The van der Waals surface area contributed by atoms with E-state index in [0.717, 1.165) is 22.1 Å². The summed E-state index contributed by atoms with van der Waals surface area (Å²) in [5, 5.41) is 2.77. The highest BCUT2D eigenvalue weighted by Crippen LogP contribution is 2.11. The van der Waals surface area contributed by atoms with Crippen LogP contribution in [-0.4, -0.2) is 24.6 Å². The van der Waals surface area contributed by atoms with Crippen LogP contribution in [0.2, 0.25) is 0 Å². The minimum Gasteiger partial charge on any atom is -0.325 e. The highest BCUT2D eigenvalue weighted by Gasteiger charge is 2.19. The van der Waals surface area contributed by atoms with E-state index in [4.69, 9.17) is 0 Å². The Hall–Kier alpha value is -3.94. The number of anilines is 1. The number of aryl methyl sites for hydroxylation is 2. The Kier molecular flexibility index (Phi) is 6.02. The molecule has 164 valence electrons. The molecule has 32 heavy (non-hydrogen) atoms.